The van der Waals surface area contributed by atoms with E-state index in [2.05, 4.69) is 16.4 Å². The van der Waals surface area contributed by atoms with Crippen molar-refractivity contribution in [3.8, 4) is 0 Å². The molecule has 0 aliphatic heterocycles. The predicted molar refractivity (Wildman–Crippen MR) is 107 cm³/mol. The van der Waals surface area contributed by atoms with Crippen LogP contribution in [0.25, 0.3) is 10.9 Å². The third-order valence-corrected chi connectivity index (χ3v) is 7.31. The van der Waals surface area contributed by atoms with E-state index in [1.807, 2.05) is 25.1 Å². The fourth-order valence-electron chi connectivity index (χ4n) is 6.42. The topological polar surface area (TPSA) is 62.0 Å². The molecule has 1 amide bonds. The summed E-state index contributed by atoms with van der Waals surface area (Å²) in [6.07, 6.45) is 8.28. The molecule has 0 radical (unpaired) electrons. The molecular formula is C23H28N2O2. The lowest BCUT2D eigenvalue weighted by molar-refractivity contribution is -0.146. The molecule has 4 bridgehead atoms. The van der Waals surface area contributed by atoms with Crippen molar-refractivity contribution in [1.82, 2.24) is 10.3 Å². The van der Waals surface area contributed by atoms with E-state index in [0.29, 0.717) is 12.5 Å². The predicted octanol–water partition coefficient (Wildman–Crippen LogP) is 3.71. The maximum atomic E-state index is 13.0. The Labute approximate surface area is 159 Å². The van der Waals surface area contributed by atoms with Gasteiger partial charge < -0.3 is 10.3 Å². The summed E-state index contributed by atoms with van der Waals surface area (Å²) in [5.74, 6) is 2.70. The largest absolute Gasteiger partial charge is 0.355 e. The summed E-state index contributed by atoms with van der Waals surface area (Å²) in [6.45, 7) is 2.52. The number of rotatable bonds is 4. The summed E-state index contributed by atoms with van der Waals surface area (Å²) >= 11 is 0. The van der Waals surface area contributed by atoms with E-state index < -0.39 is 0 Å². The number of H-pyrrole nitrogens is 1. The Hall–Kier alpha value is -2.10. The lowest BCUT2D eigenvalue weighted by Gasteiger charge is -2.55. The zero-order chi connectivity index (χ0) is 18.6. The minimum absolute atomic E-state index is 0.0295. The third-order valence-electron chi connectivity index (χ3n) is 7.31. The number of aromatic amines is 1. The molecule has 0 spiro atoms. The highest BCUT2D eigenvalue weighted by atomic mass is 16.2. The lowest BCUT2D eigenvalue weighted by Crippen LogP contribution is -2.53. The highest BCUT2D eigenvalue weighted by Crippen LogP contribution is 2.60. The minimum Gasteiger partial charge on any atom is -0.355 e. The van der Waals surface area contributed by atoms with Gasteiger partial charge in [-0.15, -0.1) is 0 Å². The molecule has 2 N–H and O–H groups in total. The van der Waals surface area contributed by atoms with Gasteiger partial charge in [-0.2, -0.15) is 0 Å². The van der Waals surface area contributed by atoms with Gasteiger partial charge in [-0.25, -0.2) is 0 Å². The van der Waals surface area contributed by atoms with Gasteiger partial charge in [0, 0.05) is 23.0 Å². The number of benzene rings is 1. The number of pyridine rings is 1. The number of amides is 1. The maximum absolute atomic E-state index is 13.0. The third kappa shape index (κ3) is 2.99. The SMILES string of the molecule is Cc1cc2cc(CCNC(=O)C34CC5CC(CC(C5)C3)C4)ccc2[nH]c1=O. The molecule has 27 heavy (non-hydrogen) atoms. The molecule has 2 aromatic rings. The van der Waals surface area contributed by atoms with Crippen molar-refractivity contribution in [2.75, 3.05) is 6.54 Å². The number of carbonyl (C=O) groups excluding carboxylic acids is 1. The van der Waals surface area contributed by atoms with Crippen LogP contribution < -0.4 is 10.9 Å². The van der Waals surface area contributed by atoms with Gasteiger partial charge in [0.05, 0.1) is 0 Å². The molecule has 4 fully saturated rings. The molecule has 1 aromatic carbocycles. The van der Waals surface area contributed by atoms with E-state index in [4.69, 9.17) is 0 Å². The average molecular weight is 364 g/mol. The first kappa shape index (κ1) is 17.0. The summed E-state index contributed by atoms with van der Waals surface area (Å²) < 4.78 is 0. The van der Waals surface area contributed by atoms with Crippen LogP contribution >= 0.6 is 0 Å². The van der Waals surface area contributed by atoms with Crippen molar-refractivity contribution in [3.63, 3.8) is 0 Å². The van der Waals surface area contributed by atoms with Crippen LogP contribution in [-0.4, -0.2) is 17.4 Å². The summed E-state index contributed by atoms with van der Waals surface area (Å²) in [5.41, 5.74) is 2.70. The standard InChI is InChI=1S/C23H28N2O2/c1-14-6-19-10-15(2-3-20(19)25-21(14)26)4-5-24-22(27)23-11-16-7-17(12-23)9-18(8-16)13-23/h2-3,6,10,16-18H,4-5,7-9,11-13H2,1H3,(H,24,27)(H,25,26). The number of carbonyl (C=O) groups is 1. The Morgan fingerprint density at radius 1 is 1.11 bits per heavy atom. The molecule has 4 saturated carbocycles. The smallest absolute Gasteiger partial charge is 0.251 e. The van der Waals surface area contributed by atoms with Gasteiger partial charge in [-0.05, 0) is 98.8 Å². The second-order valence-electron chi connectivity index (χ2n) is 9.41. The van der Waals surface area contributed by atoms with Crippen LogP contribution in [0.1, 0.15) is 49.7 Å². The molecule has 1 aromatic heterocycles. The maximum Gasteiger partial charge on any atom is 0.251 e. The Morgan fingerprint density at radius 3 is 2.44 bits per heavy atom. The molecule has 142 valence electrons. The van der Waals surface area contributed by atoms with Crippen molar-refractivity contribution in [2.24, 2.45) is 23.2 Å². The quantitative estimate of drug-likeness (QED) is 0.869. The highest BCUT2D eigenvalue weighted by molar-refractivity contribution is 5.83. The van der Waals surface area contributed by atoms with E-state index in [9.17, 15) is 9.59 Å². The van der Waals surface area contributed by atoms with E-state index >= 15 is 0 Å². The van der Waals surface area contributed by atoms with E-state index in [1.54, 1.807) is 0 Å². The molecule has 0 atom stereocenters. The van der Waals surface area contributed by atoms with Gasteiger partial charge in [0.1, 0.15) is 0 Å². The molecule has 0 saturated heterocycles. The second-order valence-corrected chi connectivity index (χ2v) is 9.41. The zero-order valence-electron chi connectivity index (χ0n) is 16.0. The number of hydrogen-bond acceptors (Lipinski definition) is 2. The van der Waals surface area contributed by atoms with Gasteiger partial charge in [0.2, 0.25) is 5.91 Å². The monoisotopic (exact) mass is 364 g/mol. The summed E-state index contributed by atoms with van der Waals surface area (Å²) in [4.78, 5) is 27.7. The lowest BCUT2D eigenvalue weighted by atomic mass is 9.49. The Balaban J connectivity index is 1.25. The van der Waals surface area contributed by atoms with Crippen LogP contribution in [0.4, 0.5) is 0 Å². The number of nitrogens with one attached hydrogen (secondary N) is 2. The minimum atomic E-state index is -0.0608. The Kier molecular flexibility index (Phi) is 3.92. The Bertz CT molecular complexity index is 923. The van der Waals surface area contributed by atoms with E-state index in [-0.39, 0.29) is 11.0 Å². The molecule has 4 aliphatic carbocycles. The van der Waals surface area contributed by atoms with Crippen molar-refractivity contribution in [1.29, 1.82) is 0 Å². The molecule has 6 rings (SSSR count). The summed E-state index contributed by atoms with van der Waals surface area (Å²) in [5, 5.41) is 4.31. The summed E-state index contributed by atoms with van der Waals surface area (Å²) in [7, 11) is 0. The number of fused-ring (bicyclic) bond motifs is 1. The van der Waals surface area contributed by atoms with Crippen molar-refractivity contribution >= 4 is 16.8 Å². The van der Waals surface area contributed by atoms with Gasteiger partial charge >= 0.3 is 0 Å². The van der Waals surface area contributed by atoms with Crippen LogP contribution in [0, 0.1) is 30.1 Å². The zero-order valence-corrected chi connectivity index (χ0v) is 16.0. The number of hydrogen-bond donors (Lipinski definition) is 2. The first-order valence-corrected chi connectivity index (χ1v) is 10.4. The fourth-order valence-corrected chi connectivity index (χ4v) is 6.42. The average Bonchev–Trinajstić information content (AvgIpc) is 2.61. The molecule has 4 aliphatic rings. The molecular weight excluding hydrogens is 336 g/mol. The van der Waals surface area contributed by atoms with Crippen molar-refractivity contribution < 1.29 is 4.79 Å². The van der Waals surface area contributed by atoms with Gasteiger partial charge in [0.15, 0.2) is 0 Å². The molecule has 4 nitrogen and oxygen atoms in total. The van der Waals surface area contributed by atoms with Crippen LogP contribution in [0.3, 0.4) is 0 Å². The first-order valence-electron chi connectivity index (χ1n) is 10.4. The summed E-state index contributed by atoms with van der Waals surface area (Å²) in [6, 6.07) is 8.07. The second kappa shape index (κ2) is 6.22. The van der Waals surface area contributed by atoms with Crippen LogP contribution in [0.5, 0.6) is 0 Å². The normalized spacial score (nSPS) is 31.4. The van der Waals surface area contributed by atoms with Crippen molar-refractivity contribution in [2.45, 2.75) is 51.9 Å². The van der Waals surface area contributed by atoms with Crippen LogP contribution in [0.2, 0.25) is 0 Å². The molecule has 1 heterocycles. The van der Waals surface area contributed by atoms with Gasteiger partial charge in [-0.3, -0.25) is 9.59 Å². The van der Waals surface area contributed by atoms with Gasteiger partial charge in [-0.1, -0.05) is 6.07 Å². The molecule has 0 unspecified atom stereocenters. The van der Waals surface area contributed by atoms with Crippen molar-refractivity contribution in [3.05, 3.63) is 45.7 Å². The Morgan fingerprint density at radius 2 is 1.78 bits per heavy atom. The number of aryl methyl sites for hydroxylation is 1. The van der Waals surface area contributed by atoms with Gasteiger partial charge in [0.25, 0.3) is 5.56 Å². The fraction of sp³-hybridized carbons (Fsp3) is 0.565. The first-order chi connectivity index (χ1) is 13.0. The van der Waals surface area contributed by atoms with Crippen LogP contribution in [-0.2, 0) is 11.2 Å². The molecule has 4 heteroatoms. The number of aromatic nitrogens is 1. The van der Waals surface area contributed by atoms with E-state index in [0.717, 1.165) is 59.9 Å². The van der Waals surface area contributed by atoms with Crippen LogP contribution in [0.15, 0.2) is 29.1 Å². The highest BCUT2D eigenvalue weighted by Gasteiger charge is 2.54. The van der Waals surface area contributed by atoms with E-state index in [1.165, 1.54) is 24.8 Å².